The third kappa shape index (κ3) is 6.76. The van der Waals surface area contributed by atoms with Gasteiger partial charge < -0.3 is 14.7 Å². The number of hydrogen-bond donors (Lipinski definition) is 2. The van der Waals surface area contributed by atoms with E-state index >= 15 is 0 Å². The first-order valence-corrected chi connectivity index (χ1v) is 19.0. The summed E-state index contributed by atoms with van der Waals surface area (Å²) in [6.45, 7) is 0.789. The lowest BCUT2D eigenvalue weighted by Crippen LogP contribution is -2.54. The van der Waals surface area contributed by atoms with Crippen LogP contribution in [0.3, 0.4) is 0 Å². The molecule has 0 bridgehead atoms. The van der Waals surface area contributed by atoms with Crippen molar-refractivity contribution in [2.24, 2.45) is 5.16 Å². The summed E-state index contributed by atoms with van der Waals surface area (Å²) >= 11 is 0. The molecule has 6 aromatic rings. The Morgan fingerprint density at radius 3 is 2.28 bits per heavy atom. The number of oxime groups is 1. The molecule has 2 aliphatic heterocycles. The lowest BCUT2D eigenvalue weighted by Gasteiger charge is -2.27. The second kappa shape index (κ2) is 15.3. The van der Waals surface area contributed by atoms with Gasteiger partial charge in [0.15, 0.2) is 0 Å². The summed E-state index contributed by atoms with van der Waals surface area (Å²) in [5, 5.41) is 20.1. The van der Waals surface area contributed by atoms with Crippen LogP contribution in [-0.4, -0.2) is 73.5 Å². The van der Waals surface area contributed by atoms with Crippen LogP contribution >= 0.6 is 0 Å². The van der Waals surface area contributed by atoms with Gasteiger partial charge in [-0.15, -0.1) is 0 Å². The molecular weight excluding hydrogens is 737 g/mol. The molecule has 58 heavy (non-hydrogen) atoms. The zero-order valence-corrected chi connectivity index (χ0v) is 31.1. The first kappa shape index (κ1) is 36.2. The molecule has 1 unspecified atom stereocenters. The lowest BCUT2D eigenvalue weighted by atomic mass is 9.96. The van der Waals surface area contributed by atoms with E-state index in [1.807, 2.05) is 83.7 Å². The molecule has 2 aromatic heterocycles. The zero-order chi connectivity index (χ0) is 39.8. The first-order chi connectivity index (χ1) is 28.4. The van der Waals surface area contributed by atoms with Gasteiger partial charge in [0.1, 0.15) is 23.2 Å². The zero-order valence-electron chi connectivity index (χ0n) is 31.1. The summed E-state index contributed by atoms with van der Waals surface area (Å²) in [6, 6.07) is 29.1. The first-order valence-electron chi connectivity index (χ1n) is 19.0. The molecule has 4 amide bonds. The number of carbonyl (C=O) groups is 4. The minimum atomic E-state index is -1.04. The molecule has 13 heteroatoms. The van der Waals surface area contributed by atoms with Crippen molar-refractivity contribution in [3.05, 3.63) is 138 Å². The molecule has 13 nitrogen and oxygen atoms in total. The minimum absolute atomic E-state index is 0.0536. The lowest BCUT2D eigenvalue weighted by molar-refractivity contribution is -0.136. The number of rotatable bonds is 11. The van der Waals surface area contributed by atoms with Crippen molar-refractivity contribution in [3.8, 4) is 50.7 Å². The van der Waals surface area contributed by atoms with Crippen molar-refractivity contribution >= 4 is 29.3 Å². The van der Waals surface area contributed by atoms with Gasteiger partial charge in [-0.3, -0.25) is 34.4 Å². The Labute approximate surface area is 332 Å². The number of ether oxygens (including phenoxy) is 2. The molecule has 0 spiro atoms. The van der Waals surface area contributed by atoms with Gasteiger partial charge >= 0.3 is 0 Å². The van der Waals surface area contributed by atoms with Gasteiger partial charge in [-0.1, -0.05) is 47.6 Å². The smallest absolute Gasteiger partial charge is 0.262 e. The molecule has 288 valence electrons. The Hall–Kier alpha value is -7.41. The Balaban J connectivity index is 0.835. The fraction of sp³-hybridized carbons (Fsp3) is 0.178. The van der Waals surface area contributed by atoms with Crippen LogP contribution in [-0.2, 0) is 16.0 Å². The van der Waals surface area contributed by atoms with Crippen molar-refractivity contribution in [2.45, 2.75) is 38.1 Å². The van der Waals surface area contributed by atoms with E-state index in [1.54, 1.807) is 30.6 Å². The Morgan fingerprint density at radius 2 is 1.48 bits per heavy atom. The highest BCUT2D eigenvalue weighted by Gasteiger charge is 2.45. The standard InChI is InChI=1S/C45H36N6O7/c52-40-17-16-39(43(53)47-40)51-44(54)36-7-2-6-35(41(36)45(51)55)28-4-1-5-33(25-28)58-23-3-22-57-32-12-10-31(11-13-32)50-26-37(42(48-50)27-18-20-46-21-19-27)30-8-14-34-29(24-30)9-15-38(34)49-56/h1-2,4-8,10-14,18-21,24-26,39,56H,3,9,15-17,22-23H2,(H,47,52,53). The maximum absolute atomic E-state index is 13.6. The van der Waals surface area contributed by atoms with Crippen LogP contribution in [0.5, 0.6) is 11.5 Å². The fourth-order valence-electron chi connectivity index (χ4n) is 7.82. The number of aryl methyl sites for hydroxylation is 1. The van der Waals surface area contributed by atoms with E-state index in [2.05, 4.69) is 21.5 Å². The van der Waals surface area contributed by atoms with Gasteiger partial charge in [-0.05, 0) is 96.1 Å². The number of aromatic nitrogens is 3. The second-order valence-electron chi connectivity index (χ2n) is 14.2. The summed E-state index contributed by atoms with van der Waals surface area (Å²) in [6.07, 6.45) is 7.81. The van der Waals surface area contributed by atoms with Crippen molar-refractivity contribution in [3.63, 3.8) is 0 Å². The predicted molar refractivity (Wildman–Crippen MR) is 213 cm³/mol. The van der Waals surface area contributed by atoms with E-state index in [1.165, 1.54) is 0 Å². The molecule has 1 aliphatic carbocycles. The Kier molecular flexibility index (Phi) is 9.54. The normalized spacial score (nSPS) is 16.7. The number of pyridine rings is 1. The van der Waals surface area contributed by atoms with Crippen molar-refractivity contribution in [2.75, 3.05) is 13.2 Å². The molecule has 9 rings (SSSR count). The molecule has 1 fully saturated rings. The van der Waals surface area contributed by atoms with E-state index in [0.717, 1.165) is 50.5 Å². The number of nitrogens with zero attached hydrogens (tertiary/aromatic N) is 5. The number of benzene rings is 4. The number of amides is 4. The maximum Gasteiger partial charge on any atom is 0.262 e. The van der Waals surface area contributed by atoms with Crippen LogP contribution in [0, 0.1) is 0 Å². The molecule has 0 radical (unpaired) electrons. The van der Waals surface area contributed by atoms with Gasteiger partial charge in [-0.25, -0.2) is 4.68 Å². The van der Waals surface area contributed by atoms with Crippen molar-refractivity contribution in [1.29, 1.82) is 0 Å². The number of imide groups is 2. The van der Waals surface area contributed by atoms with Crippen molar-refractivity contribution < 1.29 is 33.9 Å². The minimum Gasteiger partial charge on any atom is -0.493 e. The Morgan fingerprint density at radius 1 is 0.724 bits per heavy atom. The van der Waals surface area contributed by atoms with E-state index in [9.17, 15) is 24.4 Å². The molecular formula is C45H36N6O7. The van der Waals surface area contributed by atoms with E-state index in [0.29, 0.717) is 54.4 Å². The molecule has 1 atom stereocenters. The molecule has 4 heterocycles. The number of nitrogens with one attached hydrogen (secondary N) is 1. The quantitative estimate of drug-likeness (QED) is 0.0636. The third-order valence-electron chi connectivity index (χ3n) is 10.7. The van der Waals surface area contributed by atoms with Crippen molar-refractivity contribution in [1.82, 2.24) is 25.0 Å². The van der Waals surface area contributed by atoms with Crippen LogP contribution < -0.4 is 14.8 Å². The van der Waals surface area contributed by atoms with Gasteiger partial charge in [0.25, 0.3) is 11.8 Å². The fourth-order valence-corrected chi connectivity index (χ4v) is 7.82. The number of fused-ring (bicyclic) bond motifs is 2. The van der Waals surface area contributed by atoms with Crippen LogP contribution in [0.2, 0.25) is 0 Å². The molecule has 4 aromatic carbocycles. The summed E-state index contributed by atoms with van der Waals surface area (Å²) in [5.41, 5.74) is 9.17. The highest BCUT2D eigenvalue weighted by molar-refractivity contribution is 6.25. The molecule has 0 saturated carbocycles. The average molecular weight is 773 g/mol. The summed E-state index contributed by atoms with van der Waals surface area (Å²) in [4.78, 5) is 56.3. The van der Waals surface area contributed by atoms with Gasteiger partial charge in [-0.2, -0.15) is 5.10 Å². The highest BCUT2D eigenvalue weighted by atomic mass is 16.5. The monoisotopic (exact) mass is 772 g/mol. The van der Waals surface area contributed by atoms with Gasteiger partial charge in [0, 0.05) is 48.1 Å². The number of hydrogen-bond acceptors (Lipinski definition) is 10. The Bertz CT molecular complexity index is 2640. The third-order valence-corrected chi connectivity index (χ3v) is 10.7. The highest BCUT2D eigenvalue weighted by Crippen LogP contribution is 2.37. The van der Waals surface area contributed by atoms with Crippen LogP contribution in [0.1, 0.15) is 57.5 Å². The SMILES string of the molecule is O=C1CCC(N2C(=O)c3cccc(-c4cccc(OCCCOc5ccc(-n6cc(-c7ccc8c(c7)CCC8=NO)c(-c7ccncc7)n6)cc5)c4)c3C2=O)C(=O)N1. The summed E-state index contributed by atoms with van der Waals surface area (Å²) in [5.74, 6) is -0.885. The number of carbonyl (C=O) groups excluding carboxylic acids is 4. The van der Waals surface area contributed by atoms with Crippen LogP contribution in [0.25, 0.3) is 39.2 Å². The molecule has 1 saturated heterocycles. The topological polar surface area (TPSA) is 165 Å². The predicted octanol–water partition coefficient (Wildman–Crippen LogP) is 6.64. The van der Waals surface area contributed by atoms with Crippen LogP contribution in [0.15, 0.2) is 121 Å². The van der Waals surface area contributed by atoms with Gasteiger partial charge in [0.2, 0.25) is 11.8 Å². The van der Waals surface area contributed by atoms with E-state index in [4.69, 9.17) is 14.6 Å². The van der Waals surface area contributed by atoms with E-state index in [-0.39, 0.29) is 24.0 Å². The molecule has 3 aliphatic rings. The largest absolute Gasteiger partial charge is 0.493 e. The summed E-state index contributed by atoms with van der Waals surface area (Å²) in [7, 11) is 0. The average Bonchev–Trinajstić information content (AvgIpc) is 3.95. The van der Waals surface area contributed by atoms with Crippen LogP contribution in [0.4, 0.5) is 0 Å². The number of piperidine rings is 1. The van der Waals surface area contributed by atoms with Gasteiger partial charge in [0.05, 0.1) is 35.7 Å². The maximum atomic E-state index is 13.6. The summed E-state index contributed by atoms with van der Waals surface area (Å²) < 4.78 is 13.9. The second-order valence-corrected chi connectivity index (χ2v) is 14.2. The van der Waals surface area contributed by atoms with E-state index < -0.39 is 29.7 Å². The molecule has 2 N–H and O–H groups in total.